The highest BCUT2D eigenvalue weighted by molar-refractivity contribution is 7.98. The number of hydrogen-bond acceptors (Lipinski definition) is 6. The van der Waals surface area contributed by atoms with Crippen LogP contribution < -0.4 is 15.3 Å². The van der Waals surface area contributed by atoms with Gasteiger partial charge in [-0.2, -0.15) is 0 Å². The summed E-state index contributed by atoms with van der Waals surface area (Å²) in [5.74, 6) is 8.55. The summed E-state index contributed by atoms with van der Waals surface area (Å²) in [5, 5.41) is 9.96. The molecule has 1 aromatic heterocycles. The fraction of sp³-hybridized carbons (Fsp3) is 0.176. The fourth-order valence-corrected chi connectivity index (χ4v) is 3.56. The van der Waals surface area contributed by atoms with Crippen LogP contribution >= 0.6 is 35.0 Å². The second-order valence-electron chi connectivity index (χ2n) is 5.26. The Bertz CT molecular complexity index is 904. The predicted octanol–water partition coefficient (Wildman–Crippen LogP) is 4.18. The number of nitrogen functional groups attached to an aromatic ring is 1. The molecule has 0 saturated heterocycles. The lowest BCUT2D eigenvalue weighted by atomic mass is 10.2. The van der Waals surface area contributed by atoms with Crippen molar-refractivity contribution >= 4 is 35.0 Å². The molecule has 0 aliphatic carbocycles. The number of halogens is 2. The van der Waals surface area contributed by atoms with Gasteiger partial charge in [-0.25, -0.2) is 4.68 Å². The molecule has 9 heteroatoms. The van der Waals surface area contributed by atoms with E-state index in [-0.39, 0.29) is 6.61 Å². The minimum absolute atomic E-state index is 0.193. The zero-order valence-electron chi connectivity index (χ0n) is 13.9. The van der Waals surface area contributed by atoms with Gasteiger partial charge in [0.15, 0.2) is 5.82 Å². The van der Waals surface area contributed by atoms with Gasteiger partial charge in [-0.1, -0.05) is 47.1 Å². The molecule has 3 aromatic rings. The van der Waals surface area contributed by atoms with Gasteiger partial charge in [0.05, 0.1) is 7.11 Å². The topological polar surface area (TPSA) is 75.2 Å². The van der Waals surface area contributed by atoms with Gasteiger partial charge in [0.1, 0.15) is 18.1 Å². The van der Waals surface area contributed by atoms with Crippen molar-refractivity contribution in [2.45, 2.75) is 17.5 Å². The normalized spacial score (nSPS) is 10.7. The summed E-state index contributed by atoms with van der Waals surface area (Å²) < 4.78 is 12.3. The third kappa shape index (κ3) is 4.55. The van der Waals surface area contributed by atoms with Crippen molar-refractivity contribution < 1.29 is 9.47 Å². The summed E-state index contributed by atoms with van der Waals surface area (Å²) in [5.41, 5.74) is 0.943. The van der Waals surface area contributed by atoms with Crippen molar-refractivity contribution in [3.63, 3.8) is 0 Å². The van der Waals surface area contributed by atoms with Crippen molar-refractivity contribution in [2.75, 3.05) is 13.0 Å². The maximum Gasteiger partial charge on any atom is 0.210 e. The van der Waals surface area contributed by atoms with Crippen LogP contribution in [0.4, 0.5) is 0 Å². The Labute approximate surface area is 165 Å². The molecular formula is C17H16Cl2N4O2S. The highest BCUT2D eigenvalue weighted by Gasteiger charge is 2.12. The minimum atomic E-state index is 0.193. The summed E-state index contributed by atoms with van der Waals surface area (Å²) in [6, 6.07) is 12.7. The largest absolute Gasteiger partial charge is 0.497 e. The molecule has 0 atom stereocenters. The Morgan fingerprint density at radius 2 is 1.92 bits per heavy atom. The number of rotatable bonds is 7. The molecule has 0 unspecified atom stereocenters. The molecule has 6 nitrogen and oxygen atoms in total. The van der Waals surface area contributed by atoms with Gasteiger partial charge in [-0.05, 0) is 29.8 Å². The number of ether oxygens (including phenoxy) is 2. The predicted molar refractivity (Wildman–Crippen MR) is 104 cm³/mol. The molecule has 0 amide bonds. The van der Waals surface area contributed by atoms with E-state index in [1.165, 1.54) is 16.4 Å². The van der Waals surface area contributed by atoms with Crippen molar-refractivity contribution in [3.8, 4) is 11.5 Å². The van der Waals surface area contributed by atoms with Crippen molar-refractivity contribution in [1.29, 1.82) is 0 Å². The summed E-state index contributed by atoms with van der Waals surface area (Å²) in [6.45, 7) is 0.193. The van der Waals surface area contributed by atoms with E-state index in [1.807, 2.05) is 24.3 Å². The standard InChI is InChI=1S/C17H16Cl2N4O2S/c1-24-13-3-2-4-14(8-13)25-9-16-21-22-17(23(16)20)26-10-11-5-6-12(18)7-15(11)19/h2-8H,9-10,20H2,1H3. The van der Waals surface area contributed by atoms with Crippen LogP contribution in [0, 0.1) is 0 Å². The van der Waals surface area contributed by atoms with Crippen LogP contribution in [0.25, 0.3) is 0 Å². The van der Waals surface area contributed by atoms with E-state index in [9.17, 15) is 0 Å². The van der Waals surface area contributed by atoms with Crippen molar-refractivity contribution in [3.05, 3.63) is 63.9 Å². The zero-order chi connectivity index (χ0) is 18.5. The number of aromatic nitrogens is 3. The SMILES string of the molecule is COc1cccc(OCc2nnc(SCc3ccc(Cl)cc3Cl)n2N)c1. The maximum absolute atomic E-state index is 6.18. The number of thioether (sulfide) groups is 1. The highest BCUT2D eigenvalue weighted by Crippen LogP contribution is 2.27. The third-order valence-corrected chi connectivity index (χ3v) is 5.09. The number of methoxy groups -OCH3 is 1. The Kier molecular flexibility index (Phi) is 6.13. The molecule has 0 spiro atoms. The van der Waals surface area contributed by atoms with E-state index in [0.717, 1.165) is 5.56 Å². The minimum Gasteiger partial charge on any atom is -0.497 e. The average Bonchev–Trinajstić information content (AvgIpc) is 2.99. The second-order valence-corrected chi connectivity index (χ2v) is 7.05. The first-order valence-corrected chi connectivity index (χ1v) is 9.34. The Balaban J connectivity index is 1.62. The average molecular weight is 411 g/mol. The molecule has 2 N–H and O–H groups in total. The summed E-state index contributed by atoms with van der Waals surface area (Å²) in [4.78, 5) is 0. The summed E-state index contributed by atoms with van der Waals surface area (Å²) in [7, 11) is 1.60. The number of benzene rings is 2. The summed E-state index contributed by atoms with van der Waals surface area (Å²) in [6.07, 6.45) is 0. The van der Waals surface area contributed by atoms with Crippen molar-refractivity contribution in [2.24, 2.45) is 0 Å². The van der Waals surface area contributed by atoms with E-state index in [1.54, 1.807) is 25.3 Å². The quantitative estimate of drug-likeness (QED) is 0.465. The van der Waals surface area contributed by atoms with Crippen LogP contribution in [0.15, 0.2) is 47.6 Å². The summed E-state index contributed by atoms with van der Waals surface area (Å²) >= 11 is 13.5. The van der Waals surface area contributed by atoms with E-state index >= 15 is 0 Å². The first kappa shape index (κ1) is 18.7. The molecule has 3 rings (SSSR count). The lowest BCUT2D eigenvalue weighted by molar-refractivity contribution is 0.289. The van der Waals surface area contributed by atoms with E-state index in [2.05, 4.69) is 10.2 Å². The van der Waals surface area contributed by atoms with Crippen molar-refractivity contribution in [1.82, 2.24) is 14.9 Å². The van der Waals surface area contributed by atoms with Gasteiger partial charge >= 0.3 is 0 Å². The molecule has 0 aliphatic heterocycles. The first-order valence-electron chi connectivity index (χ1n) is 7.60. The zero-order valence-corrected chi connectivity index (χ0v) is 16.2. The molecule has 2 aromatic carbocycles. The van der Waals surface area contributed by atoms with Crippen LogP contribution in [0.5, 0.6) is 11.5 Å². The molecule has 136 valence electrons. The van der Waals surface area contributed by atoms with E-state index < -0.39 is 0 Å². The number of nitrogens with two attached hydrogens (primary N) is 1. The van der Waals surface area contributed by atoms with Gasteiger partial charge in [-0.15, -0.1) is 10.2 Å². The maximum atomic E-state index is 6.18. The smallest absolute Gasteiger partial charge is 0.210 e. The second kappa shape index (κ2) is 8.53. The van der Waals surface area contributed by atoms with E-state index in [4.69, 9.17) is 38.5 Å². The monoisotopic (exact) mass is 410 g/mol. The Morgan fingerprint density at radius 3 is 2.69 bits per heavy atom. The Hall–Kier alpha value is -2.09. The van der Waals surface area contributed by atoms with Crippen LogP contribution in [0.1, 0.15) is 11.4 Å². The molecule has 0 radical (unpaired) electrons. The highest BCUT2D eigenvalue weighted by atomic mass is 35.5. The first-order chi connectivity index (χ1) is 12.6. The van der Waals surface area contributed by atoms with Crippen LogP contribution in [0.3, 0.4) is 0 Å². The molecular weight excluding hydrogens is 395 g/mol. The lowest BCUT2D eigenvalue weighted by Crippen LogP contribution is -2.15. The van der Waals surface area contributed by atoms with E-state index in [0.29, 0.717) is 38.3 Å². The van der Waals surface area contributed by atoms with Gasteiger partial charge in [-0.3, -0.25) is 0 Å². The molecule has 1 heterocycles. The molecule has 0 fully saturated rings. The number of hydrogen-bond donors (Lipinski definition) is 1. The number of nitrogens with zero attached hydrogens (tertiary/aromatic N) is 3. The molecule has 0 aliphatic rings. The third-order valence-electron chi connectivity index (χ3n) is 3.52. The van der Waals surface area contributed by atoms with Crippen LogP contribution in [0.2, 0.25) is 10.0 Å². The van der Waals surface area contributed by atoms with Crippen LogP contribution in [-0.4, -0.2) is 22.0 Å². The van der Waals surface area contributed by atoms with Gasteiger partial charge in [0.25, 0.3) is 0 Å². The van der Waals surface area contributed by atoms with Crippen LogP contribution in [-0.2, 0) is 12.4 Å². The van der Waals surface area contributed by atoms with Gasteiger partial charge in [0.2, 0.25) is 5.16 Å². The molecule has 0 bridgehead atoms. The van der Waals surface area contributed by atoms with Gasteiger partial charge < -0.3 is 15.3 Å². The molecule has 0 saturated carbocycles. The lowest BCUT2D eigenvalue weighted by Gasteiger charge is -2.08. The Morgan fingerprint density at radius 1 is 1.12 bits per heavy atom. The van der Waals surface area contributed by atoms with Gasteiger partial charge in [0, 0.05) is 21.9 Å². The fourth-order valence-electron chi connectivity index (χ4n) is 2.12. The molecule has 26 heavy (non-hydrogen) atoms.